The minimum Gasteiger partial charge on any atom is -0.382 e. The summed E-state index contributed by atoms with van der Waals surface area (Å²) in [6.45, 7) is 3.22. The van der Waals surface area contributed by atoms with Crippen LogP contribution in [-0.4, -0.2) is 16.8 Å². The summed E-state index contributed by atoms with van der Waals surface area (Å²) in [5.41, 5.74) is 1.15. The fraction of sp³-hybridized carbons (Fsp3) is 0.375. The number of hydrogen-bond acceptors (Lipinski definition) is 3. The first kappa shape index (κ1) is 8.38. The number of aromatic nitrogens is 1. The average Bonchev–Trinajstić information content (AvgIpc) is 2.05. The highest BCUT2D eigenvalue weighted by Crippen LogP contribution is 2.34. The molecule has 12 heavy (non-hydrogen) atoms. The van der Waals surface area contributed by atoms with Crippen LogP contribution < -0.4 is 5.32 Å². The normalized spacial score (nSPS) is 21.3. The molecule has 1 aromatic rings. The predicted molar refractivity (Wildman–Crippen MR) is 55.7 cm³/mol. The largest absolute Gasteiger partial charge is 0.382 e. The van der Waals surface area contributed by atoms with Gasteiger partial charge in [0.1, 0.15) is 5.03 Å². The van der Waals surface area contributed by atoms with Gasteiger partial charge in [-0.1, -0.05) is 18.7 Å². The standard InChI is InChI=1S/C8H9BrN2S/c1-5-3-10-7-2-6(9)4-11-8(7)12-5/h2,4-5,10H,3H2,1H3. The molecule has 2 rings (SSSR count). The molecule has 0 amide bonds. The number of nitrogens with one attached hydrogen (secondary N) is 1. The molecule has 0 aromatic carbocycles. The third-order valence-corrected chi connectivity index (χ3v) is 3.26. The van der Waals surface area contributed by atoms with Crippen LogP contribution >= 0.6 is 27.7 Å². The molecule has 2 heterocycles. The van der Waals surface area contributed by atoms with Gasteiger partial charge in [0.25, 0.3) is 0 Å². The van der Waals surface area contributed by atoms with E-state index in [1.165, 1.54) is 0 Å². The first-order valence-electron chi connectivity index (χ1n) is 3.82. The lowest BCUT2D eigenvalue weighted by atomic mass is 10.4. The molecule has 1 aromatic heterocycles. The fourth-order valence-electron chi connectivity index (χ4n) is 1.13. The summed E-state index contributed by atoms with van der Waals surface area (Å²) >= 11 is 5.22. The maximum Gasteiger partial charge on any atom is 0.120 e. The molecule has 64 valence electrons. The van der Waals surface area contributed by atoms with Crippen molar-refractivity contribution in [3.05, 3.63) is 16.7 Å². The van der Waals surface area contributed by atoms with Crippen molar-refractivity contribution in [2.24, 2.45) is 0 Å². The van der Waals surface area contributed by atoms with E-state index in [0.717, 1.165) is 21.7 Å². The van der Waals surface area contributed by atoms with E-state index in [1.54, 1.807) is 0 Å². The van der Waals surface area contributed by atoms with Gasteiger partial charge in [-0.05, 0) is 22.0 Å². The van der Waals surface area contributed by atoms with Crippen LogP contribution in [0.1, 0.15) is 6.92 Å². The highest BCUT2D eigenvalue weighted by atomic mass is 79.9. The Hall–Kier alpha value is -0.220. The molecule has 0 aliphatic carbocycles. The summed E-state index contributed by atoms with van der Waals surface area (Å²) in [4.78, 5) is 4.32. The van der Waals surface area contributed by atoms with Crippen LogP contribution in [0.15, 0.2) is 21.8 Å². The molecule has 0 saturated heterocycles. The van der Waals surface area contributed by atoms with E-state index >= 15 is 0 Å². The van der Waals surface area contributed by atoms with Gasteiger partial charge in [-0.2, -0.15) is 0 Å². The Labute approximate surface area is 84.3 Å². The van der Waals surface area contributed by atoms with Crippen LogP contribution in [0, 0.1) is 0 Å². The molecule has 1 N–H and O–H groups in total. The molecule has 1 aliphatic heterocycles. The number of halogens is 1. The van der Waals surface area contributed by atoms with Crippen LogP contribution in [0.25, 0.3) is 0 Å². The monoisotopic (exact) mass is 244 g/mol. The zero-order chi connectivity index (χ0) is 8.55. The first-order valence-corrected chi connectivity index (χ1v) is 5.49. The number of nitrogens with zero attached hydrogens (tertiary/aromatic N) is 1. The molecule has 0 radical (unpaired) electrons. The van der Waals surface area contributed by atoms with E-state index in [2.05, 4.69) is 39.2 Å². The van der Waals surface area contributed by atoms with Gasteiger partial charge >= 0.3 is 0 Å². The van der Waals surface area contributed by atoms with Crippen molar-refractivity contribution < 1.29 is 0 Å². The Morgan fingerprint density at radius 1 is 1.75 bits per heavy atom. The molecule has 1 atom stereocenters. The second-order valence-corrected chi connectivity index (χ2v) is 5.16. The Bertz CT molecular complexity index is 303. The van der Waals surface area contributed by atoms with E-state index in [1.807, 2.05) is 18.0 Å². The third kappa shape index (κ3) is 1.59. The van der Waals surface area contributed by atoms with Crippen molar-refractivity contribution in [3.8, 4) is 0 Å². The van der Waals surface area contributed by atoms with Crippen molar-refractivity contribution in [1.29, 1.82) is 0 Å². The molecule has 1 unspecified atom stereocenters. The molecule has 4 heteroatoms. The van der Waals surface area contributed by atoms with E-state index < -0.39 is 0 Å². The van der Waals surface area contributed by atoms with E-state index in [4.69, 9.17) is 0 Å². The Morgan fingerprint density at radius 2 is 2.58 bits per heavy atom. The summed E-state index contributed by atoms with van der Waals surface area (Å²) < 4.78 is 1.03. The van der Waals surface area contributed by atoms with Gasteiger partial charge in [0.15, 0.2) is 0 Å². The molecule has 2 nitrogen and oxygen atoms in total. The first-order chi connectivity index (χ1) is 5.75. The van der Waals surface area contributed by atoms with Gasteiger partial charge in [-0.25, -0.2) is 4.98 Å². The quantitative estimate of drug-likeness (QED) is 0.760. The van der Waals surface area contributed by atoms with Gasteiger partial charge in [-0.15, -0.1) is 0 Å². The second-order valence-electron chi connectivity index (χ2n) is 2.82. The molecule has 1 aliphatic rings. The van der Waals surface area contributed by atoms with Crippen LogP contribution in [-0.2, 0) is 0 Å². The van der Waals surface area contributed by atoms with Crippen LogP contribution in [0.5, 0.6) is 0 Å². The van der Waals surface area contributed by atoms with Crippen molar-refractivity contribution in [2.75, 3.05) is 11.9 Å². The van der Waals surface area contributed by atoms with E-state index in [9.17, 15) is 0 Å². The van der Waals surface area contributed by atoms with Crippen LogP contribution in [0.3, 0.4) is 0 Å². The summed E-state index contributed by atoms with van der Waals surface area (Å²) in [7, 11) is 0. The number of fused-ring (bicyclic) bond motifs is 1. The Balaban J connectivity index is 2.37. The van der Waals surface area contributed by atoms with Gasteiger partial charge < -0.3 is 5.32 Å². The fourth-order valence-corrected chi connectivity index (χ4v) is 2.38. The van der Waals surface area contributed by atoms with E-state index in [-0.39, 0.29) is 0 Å². The highest BCUT2D eigenvalue weighted by Gasteiger charge is 2.15. The summed E-state index contributed by atoms with van der Waals surface area (Å²) in [6, 6.07) is 2.07. The second kappa shape index (κ2) is 3.26. The number of pyridine rings is 1. The minimum absolute atomic E-state index is 0.617. The highest BCUT2D eigenvalue weighted by molar-refractivity contribution is 9.10. The van der Waals surface area contributed by atoms with Crippen molar-refractivity contribution in [1.82, 2.24) is 4.98 Å². The topological polar surface area (TPSA) is 24.9 Å². The summed E-state index contributed by atoms with van der Waals surface area (Å²) in [5.74, 6) is 0. The number of anilines is 1. The number of hydrogen-bond donors (Lipinski definition) is 1. The van der Waals surface area contributed by atoms with Gasteiger partial charge in [-0.3, -0.25) is 0 Å². The molecule has 0 bridgehead atoms. The van der Waals surface area contributed by atoms with Crippen LogP contribution in [0.4, 0.5) is 5.69 Å². The summed E-state index contributed by atoms with van der Waals surface area (Å²) in [6.07, 6.45) is 1.84. The maximum absolute atomic E-state index is 4.32. The van der Waals surface area contributed by atoms with Gasteiger partial charge in [0.2, 0.25) is 0 Å². The molecule has 0 saturated carbocycles. The lowest BCUT2D eigenvalue weighted by molar-refractivity contribution is 0.946. The van der Waals surface area contributed by atoms with Crippen molar-refractivity contribution >= 4 is 33.4 Å². The van der Waals surface area contributed by atoms with Crippen LogP contribution in [0.2, 0.25) is 0 Å². The van der Waals surface area contributed by atoms with Gasteiger partial charge in [0.05, 0.1) is 5.69 Å². The van der Waals surface area contributed by atoms with Crippen molar-refractivity contribution in [3.63, 3.8) is 0 Å². The lowest BCUT2D eigenvalue weighted by Gasteiger charge is -2.21. The Morgan fingerprint density at radius 3 is 3.42 bits per heavy atom. The Kier molecular flexibility index (Phi) is 2.28. The molecule has 0 spiro atoms. The smallest absolute Gasteiger partial charge is 0.120 e. The zero-order valence-electron chi connectivity index (χ0n) is 6.67. The molecule has 0 fully saturated rings. The van der Waals surface area contributed by atoms with E-state index in [0.29, 0.717) is 5.25 Å². The molecular formula is C8H9BrN2S. The summed E-state index contributed by atoms with van der Waals surface area (Å²) in [5, 5.41) is 5.06. The SMILES string of the molecule is CC1CNc2cc(Br)cnc2S1. The lowest BCUT2D eigenvalue weighted by Crippen LogP contribution is -2.18. The molecular weight excluding hydrogens is 236 g/mol. The van der Waals surface area contributed by atoms with Crippen molar-refractivity contribution in [2.45, 2.75) is 17.2 Å². The number of thioether (sulfide) groups is 1. The third-order valence-electron chi connectivity index (χ3n) is 1.71. The average molecular weight is 245 g/mol. The minimum atomic E-state index is 0.617. The number of rotatable bonds is 0. The zero-order valence-corrected chi connectivity index (χ0v) is 9.08. The van der Waals surface area contributed by atoms with Gasteiger partial charge in [0, 0.05) is 22.5 Å². The predicted octanol–water partition coefficient (Wildman–Crippen LogP) is 2.75. The maximum atomic E-state index is 4.32.